The fourth-order valence-electron chi connectivity index (χ4n) is 3.92. The molecule has 1 N–H and O–H groups in total. The fraction of sp³-hybridized carbons (Fsp3) is 0.500. The predicted octanol–water partition coefficient (Wildman–Crippen LogP) is 3.84. The highest BCUT2D eigenvalue weighted by molar-refractivity contribution is 7.89. The maximum Gasteiger partial charge on any atom is 0.257 e. The molecule has 2 aliphatic rings. The summed E-state index contributed by atoms with van der Waals surface area (Å²) in [6.07, 6.45) is 7.17. The first-order valence-corrected chi connectivity index (χ1v) is 12.1. The summed E-state index contributed by atoms with van der Waals surface area (Å²) in [5, 5.41) is 3.47. The Labute approximate surface area is 170 Å². The third kappa shape index (κ3) is 3.86. The molecule has 1 aromatic heterocycles. The molecule has 4 rings (SSSR count). The van der Waals surface area contributed by atoms with Crippen LogP contribution in [0.4, 0.5) is 5.13 Å². The van der Waals surface area contributed by atoms with Gasteiger partial charge >= 0.3 is 0 Å². The SMILES string of the molecule is CC1CCCCN1S(=O)(=O)c1ccc(C(=O)Nc2nc3c(s2)CCCC3)cc1. The van der Waals surface area contributed by atoms with Gasteiger partial charge in [0.1, 0.15) is 0 Å². The normalized spacial score (nSPS) is 20.5. The van der Waals surface area contributed by atoms with Gasteiger partial charge in [0.05, 0.1) is 10.6 Å². The highest BCUT2D eigenvalue weighted by Crippen LogP contribution is 2.30. The van der Waals surface area contributed by atoms with Crippen LogP contribution in [0.25, 0.3) is 0 Å². The van der Waals surface area contributed by atoms with Crippen molar-refractivity contribution in [1.82, 2.24) is 9.29 Å². The van der Waals surface area contributed by atoms with Gasteiger partial charge in [0, 0.05) is 23.0 Å². The molecule has 28 heavy (non-hydrogen) atoms. The monoisotopic (exact) mass is 419 g/mol. The van der Waals surface area contributed by atoms with E-state index in [0.717, 1.165) is 44.2 Å². The summed E-state index contributed by atoms with van der Waals surface area (Å²) < 4.78 is 27.4. The predicted molar refractivity (Wildman–Crippen MR) is 110 cm³/mol. The molecule has 1 aromatic carbocycles. The standard InChI is InChI=1S/C20H25N3O3S2/c1-14-6-4-5-13-23(14)28(25,26)16-11-9-15(10-12-16)19(24)22-20-21-17-7-2-3-8-18(17)27-20/h9-12,14H,2-8,13H2,1H3,(H,21,22,24). The van der Waals surface area contributed by atoms with Gasteiger partial charge < -0.3 is 0 Å². The molecule has 1 unspecified atom stereocenters. The molecule has 0 spiro atoms. The molecule has 0 radical (unpaired) electrons. The largest absolute Gasteiger partial charge is 0.298 e. The van der Waals surface area contributed by atoms with E-state index in [1.807, 2.05) is 6.92 Å². The number of carbonyl (C=O) groups excluding carboxylic acids is 1. The smallest absolute Gasteiger partial charge is 0.257 e. The van der Waals surface area contributed by atoms with Crippen molar-refractivity contribution in [3.05, 3.63) is 40.4 Å². The molecule has 8 heteroatoms. The van der Waals surface area contributed by atoms with E-state index in [-0.39, 0.29) is 16.8 Å². The van der Waals surface area contributed by atoms with Gasteiger partial charge in [0.2, 0.25) is 10.0 Å². The molecule has 0 saturated carbocycles. The van der Waals surface area contributed by atoms with Crippen molar-refractivity contribution in [3.63, 3.8) is 0 Å². The van der Waals surface area contributed by atoms with E-state index in [9.17, 15) is 13.2 Å². The van der Waals surface area contributed by atoms with Crippen LogP contribution in [0.2, 0.25) is 0 Å². The molecule has 0 bridgehead atoms. The second kappa shape index (κ2) is 7.93. The Morgan fingerprint density at radius 1 is 1.14 bits per heavy atom. The highest BCUT2D eigenvalue weighted by Gasteiger charge is 2.31. The van der Waals surface area contributed by atoms with Crippen molar-refractivity contribution < 1.29 is 13.2 Å². The maximum atomic E-state index is 12.9. The number of thiazole rings is 1. The average molecular weight is 420 g/mol. The molecule has 1 aliphatic heterocycles. The first kappa shape index (κ1) is 19.5. The second-order valence-corrected chi connectivity index (χ2v) is 10.5. The summed E-state index contributed by atoms with van der Waals surface area (Å²) in [6.45, 7) is 2.51. The van der Waals surface area contributed by atoms with Crippen LogP contribution >= 0.6 is 11.3 Å². The molecule has 6 nitrogen and oxygen atoms in total. The first-order chi connectivity index (χ1) is 13.4. The quantitative estimate of drug-likeness (QED) is 0.817. The maximum absolute atomic E-state index is 12.9. The van der Waals surface area contributed by atoms with Gasteiger partial charge in [-0.25, -0.2) is 13.4 Å². The number of amides is 1. The summed E-state index contributed by atoms with van der Waals surface area (Å²) in [6, 6.07) is 6.21. The number of aromatic nitrogens is 1. The van der Waals surface area contributed by atoms with Crippen LogP contribution in [0.1, 0.15) is 60.0 Å². The molecule has 1 aliphatic carbocycles. The van der Waals surface area contributed by atoms with E-state index < -0.39 is 10.0 Å². The Kier molecular flexibility index (Phi) is 5.53. The number of hydrogen-bond donors (Lipinski definition) is 1. The molecular weight excluding hydrogens is 394 g/mol. The van der Waals surface area contributed by atoms with Gasteiger partial charge in [-0.2, -0.15) is 4.31 Å². The van der Waals surface area contributed by atoms with Crippen LogP contribution in [0.15, 0.2) is 29.2 Å². The van der Waals surface area contributed by atoms with E-state index in [1.165, 1.54) is 34.8 Å². The summed E-state index contributed by atoms with van der Waals surface area (Å²) in [5.74, 6) is -0.263. The van der Waals surface area contributed by atoms with Crippen molar-refractivity contribution in [3.8, 4) is 0 Å². The summed E-state index contributed by atoms with van der Waals surface area (Å²) in [5.41, 5.74) is 1.53. The van der Waals surface area contributed by atoms with Gasteiger partial charge in [0.15, 0.2) is 5.13 Å². The van der Waals surface area contributed by atoms with Crippen LogP contribution in [-0.4, -0.2) is 36.2 Å². The van der Waals surface area contributed by atoms with Gasteiger partial charge in [-0.3, -0.25) is 10.1 Å². The molecule has 1 amide bonds. The average Bonchev–Trinajstić information content (AvgIpc) is 3.10. The lowest BCUT2D eigenvalue weighted by Crippen LogP contribution is -2.41. The lowest BCUT2D eigenvalue weighted by Gasteiger charge is -2.32. The molecule has 1 atom stereocenters. The first-order valence-electron chi connectivity index (χ1n) is 9.87. The zero-order chi connectivity index (χ0) is 19.7. The van der Waals surface area contributed by atoms with Crippen LogP contribution in [0.5, 0.6) is 0 Å². The Morgan fingerprint density at radius 2 is 1.89 bits per heavy atom. The number of rotatable bonds is 4. The molecule has 1 saturated heterocycles. The summed E-state index contributed by atoms with van der Waals surface area (Å²) >= 11 is 1.54. The highest BCUT2D eigenvalue weighted by atomic mass is 32.2. The minimum atomic E-state index is -3.52. The van der Waals surface area contributed by atoms with Gasteiger partial charge in [0.25, 0.3) is 5.91 Å². The number of aryl methyl sites for hydroxylation is 2. The Bertz CT molecular complexity index is 944. The zero-order valence-electron chi connectivity index (χ0n) is 16.0. The van der Waals surface area contributed by atoms with Crippen LogP contribution < -0.4 is 5.32 Å². The third-order valence-corrected chi connectivity index (χ3v) is 8.63. The lowest BCUT2D eigenvalue weighted by molar-refractivity contribution is 0.102. The minimum absolute atomic E-state index is 0.0117. The number of piperidine rings is 1. The van der Waals surface area contributed by atoms with E-state index in [1.54, 1.807) is 16.4 Å². The fourth-order valence-corrected chi connectivity index (χ4v) is 6.66. The second-order valence-electron chi connectivity index (χ2n) is 7.54. The number of anilines is 1. The van der Waals surface area contributed by atoms with Crippen molar-refractivity contribution >= 4 is 32.4 Å². The van der Waals surface area contributed by atoms with Gasteiger partial charge in [-0.05, 0) is 69.7 Å². The number of nitrogens with zero attached hydrogens (tertiary/aromatic N) is 2. The molecule has 2 aromatic rings. The Balaban J connectivity index is 1.48. The third-order valence-electron chi connectivity index (χ3n) is 5.53. The molecule has 150 valence electrons. The number of hydrogen-bond acceptors (Lipinski definition) is 5. The van der Waals surface area contributed by atoms with Crippen molar-refractivity contribution in [2.75, 3.05) is 11.9 Å². The van der Waals surface area contributed by atoms with Gasteiger partial charge in [-0.15, -0.1) is 11.3 Å². The van der Waals surface area contributed by atoms with Crippen molar-refractivity contribution in [2.45, 2.75) is 62.8 Å². The van der Waals surface area contributed by atoms with E-state index >= 15 is 0 Å². The van der Waals surface area contributed by atoms with E-state index in [0.29, 0.717) is 17.2 Å². The Hall–Kier alpha value is -1.77. The van der Waals surface area contributed by atoms with E-state index in [4.69, 9.17) is 0 Å². The molecule has 1 fully saturated rings. The van der Waals surface area contributed by atoms with Crippen LogP contribution in [0, 0.1) is 0 Å². The number of fused-ring (bicyclic) bond motifs is 1. The number of nitrogens with one attached hydrogen (secondary N) is 1. The van der Waals surface area contributed by atoms with Gasteiger partial charge in [-0.1, -0.05) is 6.42 Å². The van der Waals surface area contributed by atoms with Crippen LogP contribution in [-0.2, 0) is 22.9 Å². The van der Waals surface area contributed by atoms with Crippen molar-refractivity contribution in [1.29, 1.82) is 0 Å². The minimum Gasteiger partial charge on any atom is -0.298 e. The molecular formula is C20H25N3O3S2. The summed E-state index contributed by atoms with van der Waals surface area (Å²) in [4.78, 5) is 18.6. The lowest BCUT2D eigenvalue weighted by atomic mass is 10.0. The van der Waals surface area contributed by atoms with E-state index in [2.05, 4.69) is 10.3 Å². The number of benzene rings is 1. The summed E-state index contributed by atoms with van der Waals surface area (Å²) in [7, 11) is -3.52. The van der Waals surface area contributed by atoms with Crippen LogP contribution in [0.3, 0.4) is 0 Å². The van der Waals surface area contributed by atoms with Crippen molar-refractivity contribution in [2.24, 2.45) is 0 Å². The topological polar surface area (TPSA) is 79.4 Å². The number of sulfonamides is 1. The number of carbonyl (C=O) groups is 1. The molecule has 2 heterocycles. The Morgan fingerprint density at radius 3 is 2.61 bits per heavy atom. The zero-order valence-corrected chi connectivity index (χ0v) is 17.6.